The molecule has 0 radical (unpaired) electrons. The SMILES string of the molecule is Cc1c(I)cc(-c2ccc(-c3cccc(I)c3I)c(I)c2I)cc1I. The van der Waals surface area contributed by atoms with Crippen LogP contribution in [0.1, 0.15) is 5.56 Å². The van der Waals surface area contributed by atoms with Crippen LogP contribution in [-0.4, -0.2) is 0 Å². The van der Waals surface area contributed by atoms with E-state index in [-0.39, 0.29) is 0 Å². The molecule has 128 valence electrons. The van der Waals surface area contributed by atoms with Crippen molar-refractivity contribution in [2.45, 2.75) is 6.92 Å². The lowest BCUT2D eigenvalue weighted by atomic mass is 10.00. The summed E-state index contributed by atoms with van der Waals surface area (Å²) in [5.74, 6) is 0. The molecular weight excluding hydrogens is 990 g/mol. The summed E-state index contributed by atoms with van der Waals surface area (Å²) in [6.45, 7) is 2.18. The van der Waals surface area contributed by atoms with Gasteiger partial charge in [-0.1, -0.05) is 24.3 Å². The number of rotatable bonds is 2. The van der Waals surface area contributed by atoms with Crippen molar-refractivity contribution in [3.8, 4) is 22.3 Å². The van der Waals surface area contributed by atoms with Crippen LogP contribution in [0.4, 0.5) is 0 Å². The summed E-state index contributed by atoms with van der Waals surface area (Å²) in [6, 6.07) is 15.6. The Morgan fingerprint density at radius 1 is 0.560 bits per heavy atom. The van der Waals surface area contributed by atoms with Crippen LogP contribution >= 0.6 is 136 Å². The lowest BCUT2D eigenvalue weighted by molar-refractivity contribution is 1.38. The standard InChI is InChI=1S/C19H10I6/c1-9-15(21)7-10(8-16(9)22)11-5-6-13(19(25)18(11)24)12-3-2-4-14(20)17(12)23/h2-8H,1H3. The zero-order valence-corrected chi connectivity index (χ0v) is 25.8. The van der Waals surface area contributed by atoms with Gasteiger partial charge in [-0.15, -0.1) is 0 Å². The van der Waals surface area contributed by atoms with Crippen LogP contribution in [0.25, 0.3) is 22.3 Å². The third-order valence-corrected chi connectivity index (χ3v) is 12.5. The highest BCUT2D eigenvalue weighted by molar-refractivity contribution is 14.1. The Balaban J connectivity index is 2.18. The number of hydrogen-bond acceptors (Lipinski definition) is 0. The topological polar surface area (TPSA) is 0 Å². The second-order valence-corrected chi connectivity index (χ2v) is 12.2. The van der Waals surface area contributed by atoms with Crippen molar-refractivity contribution in [2.24, 2.45) is 0 Å². The molecule has 0 aliphatic heterocycles. The second kappa shape index (κ2) is 9.24. The van der Waals surface area contributed by atoms with Gasteiger partial charge >= 0.3 is 0 Å². The van der Waals surface area contributed by atoms with E-state index >= 15 is 0 Å². The first kappa shape index (κ1) is 21.7. The van der Waals surface area contributed by atoms with Crippen LogP contribution in [-0.2, 0) is 0 Å². The molecule has 0 unspecified atom stereocenters. The quantitative estimate of drug-likeness (QED) is 0.225. The maximum absolute atomic E-state index is 2.50. The largest absolute Gasteiger partial charge is 0.0605 e. The molecule has 0 heterocycles. The fourth-order valence-corrected chi connectivity index (χ4v) is 6.95. The zero-order chi connectivity index (χ0) is 18.3. The van der Waals surface area contributed by atoms with Crippen molar-refractivity contribution in [3.63, 3.8) is 0 Å². The third kappa shape index (κ3) is 4.63. The van der Waals surface area contributed by atoms with Gasteiger partial charge in [0.1, 0.15) is 0 Å². The van der Waals surface area contributed by atoms with E-state index in [0.717, 1.165) is 0 Å². The number of benzene rings is 3. The van der Waals surface area contributed by atoms with E-state index in [1.165, 1.54) is 49.2 Å². The molecule has 6 heteroatoms. The van der Waals surface area contributed by atoms with Gasteiger partial charge in [-0.2, -0.15) is 0 Å². The zero-order valence-electron chi connectivity index (χ0n) is 12.8. The lowest BCUT2D eigenvalue weighted by Crippen LogP contribution is -1.95. The van der Waals surface area contributed by atoms with Crippen LogP contribution in [0.3, 0.4) is 0 Å². The summed E-state index contributed by atoms with van der Waals surface area (Å²) >= 11 is 14.7. The molecule has 3 rings (SSSR count). The summed E-state index contributed by atoms with van der Waals surface area (Å²) in [7, 11) is 0. The first-order valence-corrected chi connectivity index (χ1v) is 13.7. The van der Waals surface area contributed by atoms with Crippen LogP contribution in [0.2, 0.25) is 0 Å². The van der Waals surface area contributed by atoms with Gasteiger partial charge in [-0.05, 0) is 188 Å². The molecule has 0 nitrogen and oxygen atoms in total. The van der Waals surface area contributed by atoms with Crippen LogP contribution in [0.5, 0.6) is 0 Å². The molecule has 0 saturated heterocycles. The highest BCUT2D eigenvalue weighted by Gasteiger charge is 2.16. The molecule has 0 fully saturated rings. The van der Waals surface area contributed by atoms with E-state index in [2.05, 4.69) is 185 Å². The number of halogens is 6. The molecular formula is C19H10I6. The monoisotopic (exact) mass is 1000 g/mol. The van der Waals surface area contributed by atoms with Crippen LogP contribution in [0.15, 0.2) is 42.5 Å². The highest BCUT2D eigenvalue weighted by Crippen LogP contribution is 2.38. The fraction of sp³-hybridized carbons (Fsp3) is 0.0526. The molecule has 0 saturated carbocycles. The van der Waals surface area contributed by atoms with Crippen molar-refractivity contribution < 1.29 is 0 Å². The summed E-state index contributed by atoms with van der Waals surface area (Å²) in [4.78, 5) is 0. The molecule has 0 amide bonds. The Morgan fingerprint density at radius 3 is 1.72 bits per heavy atom. The van der Waals surface area contributed by atoms with Gasteiger partial charge in [0.2, 0.25) is 0 Å². The Hall–Kier alpha value is 2.04. The average molecular weight is 1000 g/mol. The van der Waals surface area contributed by atoms with Gasteiger partial charge in [0.25, 0.3) is 0 Å². The normalized spacial score (nSPS) is 11.0. The molecule has 0 aliphatic carbocycles. The van der Waals surface area contributed by atoms with Crippen LogP contribution in [0, 0.1) is 28.3 Å². The van der Waals surface area contributed by atoms with Gasteiger partial charge in [-0.3, -0.25) is 0 Å². The van der Waals surface area contributed by atoms with E-state index in [9.17, 15) is 0 Å². The van der Waals surface area contributed by atoms with Crippen molar-refractivity contribution in [1.82, 2.24) is 0 Å². The Labute approximate surface area is 229 Å². The maximum atomic E-state index is 2.50. The molecule has 3 aromatic rings. The predicted molar refractivity (Wildman–Crippen MR) is 158 cm³/mol. The first-order valence-electron chi connectivity index (χ1n) is 7.19. The molecule has 0 atom stereocenters. The van der Waals surface area contributed by atoms with Gasteiger partial charge in [-0.25, -0.2) is 0 Å². The van der Waals surface area contributed by atoms with Gasteiger partial charge in [0.05, 0.1) is 0 Å². The third-order valence-electron chi connectivity index (χ3n) is 3.92. The van der Waals surface area contributed by atoms with Crippen molar-refractivity contribution in [1.29, 1.82) is 0 Å². The minimum Gasteiger partial charge on any atom is -0.0605 e. The Bertz CT molecular complexity index is 955. The van der Waals surface area contributed by atoms with E-state index in [1.807, 2.05) is 0 Å². The first-order chi connectivity index (χ1) is 11.8. The van der Waals surface area contributed by atoms with Crippen LogP contribution < -0.4 is 0 Å². The average Bonchev–Trinajstić information content (AvgIpc) is 2.57. The molecule has 0 bridgehead atoms. The van der Waals surface area contributed by atoms with E-state index < -0.39 is 0 Å². The second-order valence-electron chi connectivity index (χ2n) is 5.45. The molecule has 0 spiro atoms. The molecule has 0 aliphatic rings. The predicted octanol–water partition coefficient (Wildman–Crippen LogP) is 8.96. The molecule has 25 heavy (non-hydrogen) atoms. The van der Waals surface area contributed by atoms with Gasteiger partial charge in [0.15, 0.2) is 0 Å². The van der Waals surface area contributed by atoms with Crippen molar-refractivity contribution in [2.75, 3.05) is 0 Å². The summed E-state index contributed by atoms with van der Waals surface area (Å²) < 4.78 is 7.90. The lowest BCUT2D eigenvalue weighted by Gasteiger charge is -2.15. The Kier molecular flexibility index (Phi) is 8.03. The van der Waals surface area contributed by atoms with Crippen molar-refractivity contribution in [3.05, 3.63) is 69.4 Å². The van der Waals surface area contributed by atoms with E-state index in [0.29, 0.717) is 0 Å². The smallest absolute Gasteiger partial charge is 0.0349 e. The molecule has 0 N–H and O–H groups in total. The summed E-state index contributed by atoms with van der Waals surface area (Å²) in [6.07, 6.45) is 0. The van der Waals surface area contributed by atoms with Crippen molar-refractivity contribution >= 4 is 136 Å². The molecule has 0 aromatic heterocycles. The minimum atomic E-state index is 1.30. The summed E-state index contributed by atoms with van der Waals surface area (Å²) in [5.41, 5.74) is 6.60. The highest BCUT2D eigenvalue weighted by atomic mass is 127. The number of hydrogen-bond donors (Lipinski definition) is 0. The van der Waals surface area contributed by atoms with E-state index in [4.69, 9.17) is 0 Å². The molecule has 3 aromatic carbocycles. The minimum absolute atomic E-state index is 1.30. The fourth-order valence-electron chi connectivity index (χ4n) is 2.49. The van der Waals surface area contributed by atoms with Gasteiger partial charge < -0.3 is 0 Å². The summed E-state index contributed by atoms with van der Waals surface area (Å²) in [5, 5.41) is 0. The Morgan fingerprint density at radius 2 is 1.08 bits per heavy atom. The van der Waals surface area contributed by atoms with E-state index in [1.54, 1.807) is 0 Å². The van der Waals surface area contributed by atoms with Gasteiger partial charge in [0, 0.05) is 21.4 Å². The maximum Gasteiger partial charge on any atom is 0.0349 e.